The summed E-state index contributed by atoms with van der Waals surface area (Å²) in [5.41, 5.74) is 0.493. The molecule has 2 aromatic rings. The van der Waals surface area contributed by atoms with Gasteiger partial charge in [-0.15, -0.1) is 14.8 Å². The molecule has 1 N–H and O–H groups in total. The quantitative estimate of drug-likeness (QED) is 0.915. The Morgan fingerprint density at radius 1 is 1.25 bits per heavy atom. The minimum Gasteiger partial charge on any atom is -0.366 e. The number of rotatable bonds is 2. The maximum Gasteiger partial charge on any atom is 0.391 e. The zero-order valence-corrected chi connectivity index (χ0v) is 10.5. The van der Waals surface area contributed by atoms with Crippen LogP contribution in [-0.2, 0) is 0 Å². The number of hydrogen-bond donors (Lipinski definition) is 1. The van der Waals surface area contributed by atoms with Gasteiger partial charge in [0, 0.05) is 6.04 Å². The van der Waals surface area contributed by atoms with Gasteiger partial charge in [-0.2, -0.15) is 13.2 Å². The maximum atomic E-state index is 12.7. The molecule has 0 amide bonds. The van der Waals surface area contributed by atoms with Crippen molar-refractivity contribution < 1.29 is 13.2 Å². The van der Waals surface area contributed by atoms with Crippen molar-refractivity contribution in [2.75, 3.05) is 5.32 Å². The van der Waals surface area contributed by atoms with Crippen LogP contribution in [0.15, 0.2) is 12.1 Å². The van der Waals surface area contributed by atoms with Gasteiger partial charge < -0.3 is 5.32 Å². The van der Waals surface area contributed by atoms with Gasteiger partial charge in [0.25, 0.3) is 0 Å². The molecule has 6 nitrogen and oxygen atoms in total. The van der Waals surface area contributed by atoms with Gasteiger partial charge in [-0.05, 0) is 41.8 Å². The van der Waals surface area contributed by atoms with Crippen LogP contribution in [0.1, 0.15) is 25.7 Å². The van der Waals surface area contributed by atoms with Gasteiger partial charge in [-0.1, -0.05) is 6.42 Å². The zero-order valence-electron chi connectivity index (χ0n) is 10.5. The van der Waals surface area contributed by atoms with Crippen LogP contribution < -0.4 is 5.32 Å². The van der Waals surface area contributed by atoms with Crippen LogP contribution >= 0.6 is 0 Å². The zero-order chi connectivity index (χ0) is 14.2. The van der Waals surface area contributed by atoms with Crippen molar-refractivity contribution >= 4 is 11.5 Å². The Kier molecular flexibility index (Phi) is 3.19. The average molecular weight is 286 g/mol. The minimum absolute atomic E-state index is 0.0822. The number of tetrazole rings is 1. The molecule has 108 valence electrons. The van der Waals surface area contributed by atoms with Gasteiger partial charge in [0.05, 0.1) is 5.92 Å². The summed E-state index contributed by atoms with van der Waals surface area (Å²) in [4.78, 5) is 0. The summed E-state index contributed by atoms with van der Waals surface area (Å²) in [6.07, 6.45) is -2.55. The Bertz CT molecular complexity index is 595. The third-order valence-electron chi connectivity index (χ3n) is 3.56. The molecule has 1 aliphatic carbocycles. The molecule has 2 unspecified atom stereocenters. The van der Waals surface area contributed by atoms with Gasteiger partial charge in [0.2, 0.25) is 0 Å². The highest BCUT2D eigenvalue weighted by Gasteiger charge is 2.42. The molecule has 2 aromatic heterocycles. The van der Waals surface area contributed by atoms with E-state index in [-0.39, 0.29) is 18.9 Å². The lowest BCUT2D eigenvalue weighted by molar-refractivity contribution is -0.182. The van der Waals surface area contributed by atoms with E-state index in [4.69, 9.17) is 0 Å². The van der Waals surface area contributed by atoms with Crippen molar-refractivity contribution in [3.8, 4) is 0 Å². The summed E-state index contributed by atoms with van der Waals surface area (Å²) in [5, 5.41) is 18.0. The van der Waals surface area contributed by atoms with Crippen molar-refractivity contribution in [1.82, 2.24) is 25.3 Å². The first-order chi connectivity index (χ1) is 9.52. The summed E-state index contributed by atoms with van der Waals surface area (Å²) in [7, 11) is 0. The summed E-state index contributed by atoms with van der Waals surface area (Å²) in [6.45, 7) is 0. The fourth-order valence-corrected chi connectivity index (χ4v) is 2.55. The SMILES string of the molecule is FC(F)(F)C1CCCC(Nc2ccc3nnnn3n2)C1. The largest absolute Gasteiger partial charge is 0.391 e. The Morgan fingerprint density at radius 3 is 2.90 bits per heavy atom. The Labute approximate surface area is 112 Å². The topological polar surface area (TPSA) is 68.0 Å². The molecule has 20 heavy (non-hydrogen) atoms. The van der Waals surface area contributed by atoms with Crippen molar-refractivity contribution in [2.24, 2.45) is 5.92 Å². The van der Waals surface area contributed by atoms with E-state index in [0.29, 0.717) is 24.3 Å². The van der Waals surface area contributed by atoms with E-state index in [9.17, 15) is 13.2 Å². The molecule has 0 aliphatic heterocycles. The summed E-state index contributed by atoms with van der Waals surface area (Å²) >= 11 is 0. The smallest absolute Gasteiger partial charge is 0.366 e. The number of fused-ring (bicyclic) bond motifs is 1. The van der Waals surface area contributed by atoms with Crippen LogP contribution in [0.5, 0.6) is 0 Å². The van der Waals surface area contributed by atoms with Gasteiger partial charge in [0.15, 0.2) is 5.65 Å². The number of hydrogen-bond acceptors (Lipinski definition) is 5. The summed E-state index contributed by atoms with van der Waals surface area (Å²) < 4.78 is 39.5. The molecule has 3 rings (SSSR count). The Hall–Kier alpha value is -1.93. The van der Waals surface area contributed by atoms with Crippen molar-refractivity contribution in [3.63, 3.8) is 0 Å². The van der Waals surface area contributed by atoms with Crippen LogP contribution in [0.2, 0.25) is 0 Å². The van der Waals surface area contributed by atoms with Crippen LogP contribution in [-0.4, -0.2) is 37.5 Å². The molecule has 0 spiro atoms. The molecule has 0 bridgehead atoms. The van der Waals surface area contributed by atoms with Gasteiger partial charge in [0.1, 0.15) is 5.82 Å². The van der Waals surface area contributed by atoms with Gasteiger partial charge in [-0.25, -0.2) is 0 Å². The van der Waals surface area contributed by atoms with Crippen LogP contribution in [0.3, 0.4) is 0 Å². The van der Waals surface area contributed by atoms with Crippen molar-refractivity contribution in [1.29, 1.82) is 0 Å². The summed E-state index contributed by atoms with van der Waals surface area (Å²) in [6, 6.07) is 3.11. The average Bonchev–Trinajstić information content (AvgIpc) is 2.85. The minimum atomic E-state index is -4.12. The van der Waals surface area contributed by atoms with Crippen LogP contribution in [0.25, 0.3) is 5.65 Å². The predicted molar refractivity (Wildman–Crippen MR) is 64.0 cm³/mol. The molecule has 1 aliphatic rings. The van der Waals surface area contributed by atoms with E-state index in [1.807, 2.05) is 0 Å². The molecule has 0 saturated heterocycles. The van der Waals surface area contributed by atoms with E-state index < -0.39 is 12.1 Å². The molecule has 1 saturated carbocycles. The fraction of sp³-hybridized carbons (Fsp3) is 0.636. The number of halogens is 3. The number of alkyl halides is 3. The van der Waals surface area contributed by atoms with E-state index >= 15 is 0 Å². The molecule has 0 radical (unpaired) electrons. The third kappa shape index (κ3) is 2.66. The van der Waals surface area contributed by atoms with E-state index in [0.717, 1.165) is 0 Å². The highest BCUT2D eigenvalue weighted by atomic mass is 19.4. The lowest BCUT2D eigenvalue weighted by Gasteiger charge is -2.31. The molecule has 9 heteroatoms. The number of nitrogens with zero attached hydrogens (tertiary/aromatic N) is 5. The van der Waals surface area contributed by atoms with E-state index in [1.165, 1.54) is 4.63 Å². The Balaban J connectivity index is 1.70. The second kappa shape index (κ2) is 4.88. The highest BCUT2D eigenvalue weighted by Crippen LogP contribution is 2.38. The van der Waals surface area contributed by atoms with Crippen molar-refractivity contribution in [3.05, 3.63) is 12.1 Å². The highest BCUT2D eigenvalue weighted by molar-refractivity contribution is 5.42. The van der Waals surface area contributed by atoms with Gasteiger partial charge in [-0.3, -0.25) is 0 Å². The van der Waals surface area contributed by atoms with Crippen LogP contribution in [0.4, 0.5) is 19.0 Å². The molecule has 1 fully saturated rings. The van der Waals surface area contributed by atoms with Gasteiger partial charge >= 0.3 is 6.18 Å². The first kappa shape index (κ1) is 13.1. The second-order valence-corrected chi connectivity index (χ2v) is 4.99. The first-order valence-corrected chi connectivity index (χ1v) is 6.41. The monoisotopic (exact) mass is 286 g/mol. The number of nitrogens with one attached hydrogen (secondary N) is 1. The fourth-order valence-electron chi connectivity index (χ4n) is 2.55. The van der Waals surface area contributed by atoms with Crippen molar-refractivity contribution in [2.45, 2.75) is 37.9 Å². The summed E-state index contributed by atoms with van der Waals surface area (Å²) in [5.74, 6) is -0.747. The number of aromatic nitrogens is 5. The maximum absolute atomic E-state index is 12.7. The first-order valence-electron chi connectivity index (χ1n) is 6.41. The normalized spacial score (nSPS) is 23.9. The molecular weight excluding hydrogens is 273 g/mol. The van der Waals surface area contributed by atoms with Crippen LogP contribution in [0, 0.1) is 5.92 Å². The lowest BCUT2D eigenvalue weighted by Crippen LogP contribution is -2.34. The predicted octanol–water partition coefficient (Wildman–Crippen LogP) is 2.05. The third-order valence-corrected chi connectivity index (χ3v) is 3.56. The molecule has 0 aromatic carbocycles. The molecule has 2 atom stereocenters. The standard InChI is InChI=1S/C11H13F3N6/c12-11(13,14)7-2-1-3-8(6-7)15-9-4-5-10-16-18-19-20(10)17-9/h4-5,7-8H,1-3,6H2,(H,15,17). The van der Waals surface area contributed by atoms with E-state index in [2.05, 4.69) is 25.9 Å². The Morgan fingerprint density at radius 2 is 2.10 bits per heavy atom. The number of anilines is 1. The molecule has 2 heterocycles. The molecular formula is C11H13F3N6. The second-order valence-electron chi connectivity index (χ2n) is 4.99. The lowest BCUT2D eigenvalue weighted by atomic mass is 9.85. The van der Waals surface area contributed by atoms with E-state index in [1.54, 1.807) is 12.1 Å².